The molecule has 1 aromatic carbocycles. The van der Waals surface area contributed by atoms with Crippen molar-refractivity contribution in [2.45, 2.75) is 13.8 Å². The van der Waals surface area contributed by atoms with Gasteiger partial charge in [0.1, 0.15) is 5.82 Å². The number of carbonyl (C=O) groups is 1. The van der Waals surface area contributed by atoms with Gasteiger partial charge < -0.3 is 20.7 Å². The second kappa shape index (κ2) is 9.41. The molecule has 0 bridgehead atoms. The molecule has 134 valence electrons. The van der Waals surface area contributed by atoms with E-state index in [-0.39, 0.29) is 18.3 Å². The van der Waals surface area contributed by atoms with Gasteiger partial charge in [0.25, 0.3) is 5.91 Å². The van der Waals surface area contributed by atoms with Gasteiger partial charge in [-0.2, -0.15) is 4.98 Å². The summed E-state index contributed by atoms with van der Waals surface area (Å²) >= 11 is 0. The Hall–Kier alpha value is -2.90. The first-order chi connectivity index (χ1) is 12.1. The molecule has 0 aliphatic carbocycles. The Balaban J connectivity index is 1.70. The first-order valence-corrected chi connectivity index (χ1v) is 8.06. The zero-order valence-electron chi connectivity index (χ0n) is 14.3. The Kier molecular flexibility index (Phi) is 6.94. The second-order valence-electron chi connectivity index (χ2n) is 5.24. The molecule has 8 heteroatoms. The predicted octanol–water partition coefficient (Wildman–Crippen LogP) is 1.96. The number of aryl methyl sites for hydroxylation is 1. The number of hydrogen-bond acceptors (Lipinski definition) is 6. The molecule has 2 aromatic rings. The summed E-state index contributed by atoms with van der Waals surface area (Å²) in [5, 5.41) is 8.85. The van der Waals surface area contributed by atoms with Gasteiger partial charge >= 0.3 is 0 Å². The average Bonchev–Trinajstić information content (AvgIpc) is 2.58. The molecular weight excluding hydrogens is 325 g/mol. The molecule has 1 heterocycles. The van der Waals surface area contributed by atoms with Gasteiger partial charge in [-0.1, -0.05) is 12.1 Å². The van der Waals surface area contributed by atoms with Crippen molar-refractivity contribution < 1.29 is 13.9 Å². The zero-order chi connectivity index (χ0) is 18.1. The van der Waals surface area contributed by atoms with Crippen LogP contribution in [0.25, 0.3) is 0 Å². The highest BCUT2D eigenvalue weighted by Crippen LogP contribution is 2.14. The minimum Gasteiger partial charge on any atom is -0.481 e. The molecule has 0 radical (unpaired) electrons. The Morgan fingerprint density at radius 1 is 1.20 bits per heavy atom. The summed E-state index contributed by atoms with van der Waals surface area (Å²) in [7, 11) is 0. The topological polar surface area (TPSA) is 88.2 Å². The van der Waals surface area contributed by atoms with E-state index in [1.54, 1.807) is 12.1 Å². The number of aromatic nitrogens is 2. The number of benzene rings is 1. The largest absolute Gasteiger partial charge is 0.481 e. The van der Waals surface area contributed by atoms with Crippen LogP contribution in [0.15, 0.2) is 30.3 Å². The van der Waals surface area contributed by atoms with Crippen molar-refractivity contribution in [1.82, 2.24) is 15.3 Å². The van der Waals surface area contributed by atoms with Crippen molar-refractivity contribution in [3.63, 3.8) is 0 Å². The summed E-state index contributed by atoms with van der Waals surface area (Å²) in [6.07, 6.45) is 0. The lowest BCUT2D eigenvalue weighted by Crippen LogP contribution is -2.33. The van der Waals surface area contributed by atoms with Crippen molar-refractivity contribution >= 4 is 17.7 Å². The maximum atomic E-state index is 13.4. The lowest BCUT2D eigenvalue weighted by molar-refractivity contribution is -0.123. The summed E-state index contributed by atoms with van der Waals surface area (Å²) < 4.78 is 18.5. The first kappa shape index (κ1) is 18.4. The molecule has 2 rings (SSSR count). The Bertz CT molecular complexity index is 711. The van der Waals surface area contributed by atoms with Crippen LogP contribution in [-0.2, 0) is 4.79 Å². The van der Waals surface area contributed by atoms with Crippen molar-refractivity contribution in [3.8, 4) is 5.75 Å². The van der Waals surface area contributed by atoms with Crippen molar-refractivity contribution in [3.05, 3.63) is 41.8 Å². The molecule has 3 N–H and O–H groups in total. The number of hydrogen-bond donors (Lipinski definition) is 3. The third-order valence-corrected chi connectivity index (χ3v) is 3.14. The van der Waals surface area contributed by atoms with Crippen LogP contribution in [0.3, 0.4) is 0 Å². The smallest absolute Gasteiger partial charge is 0.258 e. The monoisotopic (exact) mass is 347 g/mol. The van der Waals surface area contributed by atoms with Crippen LogP contribution in [0.4, 0.5) is 16.2 Å². The Morgan fingerprint density at radius 3 is 2.76 bits per heavy atom. The SMILES string of the molecule is CCNc1cc(C)nc(NCCNC(=O)COc2ccccc2F)n1. The molecule has 1 aromatic heterocycles. The Morgan fingerprint density at radius 2 is 2.00 bits per heavy atom. The maximum Gasteiger partial charge on any atom is 0.258 e. The molecule has 0 fully saturated rings. The molecule has 0 aliphatic rings. The molecule has 1 amide bonds. The number of amides is 1. The highest BCUT2D eigenvalue weighted by Gasteiger charge is 2.06. The number of nitrogens with one attached hydrogen (secondary N) is 3. The standard InChI is InChI=1S/C17H22FN5O2/c1-3-19-15-10-12(2)22-17(23-15)21-9-8-20-16(24)11-25-14-7-5-4-6-13(14)18/h4-7,10H,3,8-9,11H2,1-2H3,(H,20,24)(H2,19,21,22,23). The van der Waals surface area contributed by atoms with Crippen LogP contribution in [0.5, 0.6) is 5.75 Å². The molecule has 0 atom stereocenters. The molecule has 25 heavy (non-hydrogen) atoms. The van der Waals surface area contributed by atoms with Gasteiger partial charge in [-0.25, -0.2) is 9.37 Å². The molecule has 0 unspecified atom stereocenters. The van der Waals surface area contributed by atoms with E-state index < -0.39 is 5.82 Å². The van der Waals surface area contributed by atoms with E-state index in [0.717, 1.165) is 18.1 Å². The van der Waals surface area contributed by atoms with E-state index >= 15 is 0 Å². The van der Waals surface area contributed by atoms with Crippen LogP contribution in [0.1, 0.15) is 12.6 Å². The third kappa shape index (κ3) is 6.25. The van der Waals surface area contributed by atoms with Gasteiger partial charge in [0, 0.05) is 31.4 Å². The molecule has 0 saturated carbocycles. The van der Waals surface area contributed by atoms with Gasteiger partial charge in [-0.05, 0) is 26.0 Å². The zero-order valence-corrected chi connectivity index (χ0v) is 14.3. The highest BCUT2D eigenvalue weighted by atomic mass is 19.1. The van der Waals surface area contributed by atoms with E-state index in [4.69, 9.17) is 4.74 Å². The summed E-state index contributed by atoms with van der Waals surface area (Å²) in [6.45, 7) is 5.23. The highest BCUT2D eigenvalue weighted by molar-refractivity contribution is 5.77. The Labute approximate surface area is 146 Å². The third-order valence-electron chi connectivity index (χ3n) is 3.14. The van der Waals surface area contributed by atoms with Crippen molar-refractivity contribution in [2.75, 3.05) is 36.9 Å². The predicted molar refractivity (Wildman–Crippen MR) is 94.3 cm³/mol. The van der Waals surface area contributed by atoms with Gasteiger partial charge in [0.15, 0.2) is 18.2 Å². The van der Waals surface area contributed by atoms with Crippen LogP contribution in [0.2, 0.25) is 0 Å². The number of ether oxygens (including phenoxy) is 1. The average molecular weight is 347 g/mol. The number of anilines is 2. The lowest BCUT2D eigenvalue weighted by atomic mass is 10.3. The molecule has 0 saturated heterocycles. The van der Waals surface area contributed by atoms with Crippen LogP contribution in [0, 0.1) is 12.7 Å². The molecular formula is C17H22FN5O2. The molecule has 7 nitrogen and oxygen atoms in total. The number of carbonyl (C=O) groups excluding carboxylic acids is 1. The number of rotatable bonds is 9. The fraction of sp³-hybridized carbons (Fsp3) is 0.353. The van der Waals surface area contributed by atoms with Gasteiger partial charge in [0.05, 0.1) is 0 Å². The summed E-state index contributed by atoms with van der Waals surface area (Å²) in [4.78, 5) is 20.3. The fourth-order valence-corrected chi connectivity index (χ4v) is 2.05. The van der Waals surface area contributed by atoms with E-state index in [0.29, 0.717) is 19.0 Å². The second-order valence-corrected chi connectivity index (χ2v) is 5.24. The quantitative estimate of drug-likeness (QED) is 0.601. The number of para-hydroxylation sites is 1. The van der Waals surface area contributed by atoms with Crippen LogP contribution < -0.4 is 20.7 Å². The van der Waals surface area contributed by atoms with Gasteiger partial charge in [-0.3, -0.25) is 4.79 Å². The molecule has 0 aliphatic heterocycles. The van der Waals surface area contributed by atoms with Crippen molar-refractivity contribution in [2.24, 2.45) is 0 Å². The van der Waals surface area contributed by atoms with Crippen molar-refractivity contribution in [1.29, 1.82) is 0 Å². The fourth-order valence-electron chi connectivity index (χ4n) is 2.05. The maximum absolute atomic E-state index is 13.4. The van der Waals surface area contributed by atoms with Crippen LogP contribution >= 0.6 is 0 Å². The molecule has 0 spiro atoms. The van der Waals surface area contributed by atoms with Gasteiger partial charge in [-0.15, -0.1) is 0 Å². The first-order valence-electron chi connectivity index (χ1n) is 8.06. The van der Waals surface area contributed by atoms with E-state index in [1.165, 1.54) is 12.1 Å². The lowest BCUT2D eigenvalue weighted by Gasteiger charge is -2.10. The summed E-state index contributed by atoms with van der Waals surface area (Å²) in [6, 6.07) is 7.81. The summed E-state index contributed by atoms with van der Waals surface area (Å²) in [5.74, 6) is 0.473. The minimum absolute atomic E-state index is 0.0555. The number of halogens is 1. The van der Waals surface area contributed by atoms with E-state index in [9.17, 15) is 9.18 Å². The van der Waals surface area contributed by atoms with Gasteiger partial charge in [0.2, 0.25) is 5.95 Å². The number of nitrogens with zero attached hydrogens (tertiary/aromatic N) is 2. The van der Waals surface area contributed by atoms with Crippen LogP contribution in [-0.4, -0.2) is 42.1 Å². The minimum atomic E-state index is -0.495. The summed E-state index contributed by atoms with van der Waals surface area (Å²) in [5.41, 5.74) is 0.843. The van der Waals surface area contributed by atoms with E-state index in [2.05, 4.69) is 25.9 Å². The van der Waals surface area contributed by atoms with E-state index in [1.807, 2.05) is 19.9 Å². The normalized spacial score (nSPS) is 10.2.